The second-order valence-corrected chi connectivity index (χ2v) is 3.19. The van der Waals surface area contributed by atoms with Crippen LogP contribution in [-0.2, 0) is 4.74 Å². The Morgan fingerprint density at radius 2 is 2.10 bits per heavy atom. The van der Waals surface area contributed by atoms with E-state index in [2.05, 4.69) is 5.32 Å². The Hall–Kier alpha value is -0.120. The zero-order valence-electron chi connectivity index (χ0n) is 5.92. The van der Waals surface area contributed by atoms with Gasteiger partial charge in [0.2, 0.25) is 0 Å². The molecule has 2 aliphatic heterocycles. The highest BCUT2D eigenvalue weighted by Gasteiger charge is 2.36. The first kappa shape index (κ1) is 6.58. The molecule has 0 spiro atoms. The molecule has 3 nitrogen and oxygen atoms in total. The van der Waals surface area contributed by atoms with Gasteiger partial charge in [-0.25, -0.2) is 0 Å². The maximum atomic E-state index is 9.37. The lowest BCUT2D eigenvalue weighted by Crippen LogP contribution is -2.49. The van der Waals surface area contributed by atoms with Crippen molar-refractivity contribution in [3.8, 4) is 0 Å². The standard InChI is InChI=1S/C7H13NO2/c9-7-4-10-3-6(7)5-1-8-2-5/h5-9H,1-4H2/t6-,7+/m0/s1. The van der Waals surface area contributed by atoms with Gasteiger partial charge in [-0.05, 0) is 19.0 Å². The molecule has 0 radical (unpaired) electrons. The van der Waals surface area contributed by atoms with E-state index in [9.17, 15) is 5.11 Å². The summed E-state index contributed by atoms with van der Waals surface area (Å²) in [6, 6.07) is 0. The van der Waals surface area contributed by atoms with Crippen LogP contribution >= 0.6 is 0 Å². The minimum atomic E-state index is -0.202. The van der Waals surface area contributed by atoms with E-state index in [4.69, 9.17) is 4.74 Å². The van der Waals surface area contributed by atoms with Crippen LogP contribution in [0.15, 0.2) is 0 Å². The van der Waals surface area contributed by atoms with Gasteiger partial charge in [-0.3, -0.25) is 0 Å². The molecule has 3 heteroatoms. The molecule has 0 aromatic carbocycles. The Morgan fingerprint density at radius 3 is 2.50 bits per heavy atom. The van der Waals surface area contributed by atoms with Crippen molar-refractivity contribution in [1.82, 2.24) is 5.32 Å². The molecule has 0 saturated carbocycles. The number of rotatable bonds is 1. The molecule has 0 unspecified atom stereocenters. The smallest absolute Gasteiger partial charge is 0.0827 e. The van der Waals surface area contributed by atoms with E-state index in [1.807, 2.05) is 0 Å². The zero-order chi connectivity index (χ0) is 6.97. The summed E-state index contributed by atoms with van der Waals surface area (Å²) in [6.45, 7) is 3.42. The molecule has 58 valence electrons. The van der Waals surface area contributed by atoms with Crippen molar-refractivity contribution in [3.05, 3.63) is 0 Å². The Kier molecular flexibility index (Phi) is 1.64. The molecule has 2 heterocycles. The molecule has 2 N–H and O–H groups in total. The fourth-order valence-electron chi connectivity index (χ4n) is 1.62. The largest absolute Gasteiger partial charge is 0.390 e. The van der Waals surface area contributed by atoms with E-state index < -0.39 is 0 Å². The van der Waals surface area contributed by atoms with Gasteiger partial charge in [-0.1, -0.05) is 0 Å². The monoisotopic (exact) mass is 143 g/mol. The summed E-state index contributed by atoms with van der Waals surface area (Å²) in [6.07, 6.45) is -0.202. The van der Waals surface area contributed by atoms with E-state index in [0.29, 0.717) is 18.4 Å². The molecule has 2 atom stereocenters. The minimum absolute atomic E-state index is 0.202. The predicted octanol–water partition coefficient (Wildman–Crippen LogP) is -0.787. The Bertz CT molecular complexity index is 125. The molecule has 0 aliphatic carbocycles. The molecule has 0 aromatic heterocycles. The lowest BCUT2D eigenvalue weighted by molar-refractivity contribution is 0.0891. The van der Waals surface area contributed by atoms with Crippen LogP contribution < -0.4 is 5.32 Å². The number of hydrogen-bond donors (Lipinski definition) is 2. The Labute approximate surface area is 60.4 Å². The van der Waals surface area contributed by atoms with Crippen molar-refractivity contribution < 1.29 is 9.84 Å². The highest BCUT2D eigenvalue weighted by molar-refractivity contribution is 4.88. The van der Waals surface area contributed by atoms with E-state index in [-0.39, 0.29) is 6.10 Å². The van der Waals surface area contributed by atoms with Crippen molar-refractivity contribution in [2.75, 3.05) is 26.3 Å². The van der Waals surface area contributed by atoms with Crippen LogP contribution in [0.3, 0.4) is 0 Å². The first-order valence-corrected chi connectivity index (χ1v) is 3.84. The highest BCUT2D eigenvalue weighted by atomic mass is 16.5. The van der Waals surface area contributed by atoms with Gasteiger partial charge in [-0.15, -0.1) is 0 Å². The summed E-state index contributed by atoms with van der Waals surface area (Å²) in [7, 11) is 0. The summed E-state index contributed by atoms with van der Waals surface area (Å²) >= 11 is 0. The average molecular weight is 143 g/mol. The van der Waals surface area contributed by atoms with Crippen molar-refractivity contribution in [3.63, 3.8) is 0 Å². The summed E-state index contributed by atoms with van der Waals surface area (Å²) < 4.78 is 5.15. The van der Waals surface area contributed by atoms with Crippen LogP contribution in [-0.4, -0.2) is 37.5 Å². The van der Waals surface area contributed by atoms with Crippen molar-refractivity contribution >= 4 is 0 Å². The van der Waals surface area contributed by atoms with Crippen LogP contribution in [0, 0.1) is 11.8 Å². The van der Waals surface area contributed by atoms with Gasteiger partial charge in [0.1, 0.15) is 0 Å². The maximum Gasteiger partial charge on any atom is 0.0827 e. The van der Waals surface area contributed by atoms with Gasteiger partial charge in [0.05, 0.1) is 19.3 Å². The number of aliphatic hydroxyl groups excluding tert-OH is 1. The maximum absolute atomic E-state index is 9.37. The lowest BCUT2D eigenvalue weighted by Gasteiger charge is -2.33. The first-order valence-electron chi connectivity index (χ1n) is 3.84. The normalized spacial score (nSPS) is 41.7. The van der Waals surface area contributed by atoms with Gasteiger partial charge >= 0.3 is 0 Å². The third-order valence-electron chi connectivity index (χ3n) is 2.51. The summed E-state index contributed by atoms with van der Waals surface area (Å²) in [4.78, 5) is 0. The molecular formula is C7H13NO2. The van der Waals surface area contributed by atoms with Crippen molar-refractivity contribution in [2.24, 2.45) is 11.8 Å². The number of hydrogen-bond acceptors (Lipinski definition) is 3. The van der Waals surface area contributed by atoms with Gasteiger partial charge in [0, 0.05) is 5.92 Å². The molecule has 0 amide bonds. The Balaban J connectivity index is 1.90. The lowest BCUT2D eigenvalue weighted by atomic mass is 9.85. The summed E-state index contributed by atoms with van der Waals surface area (Å²) in [5.74, 6) is 1.07. The minimum Gasteiger partial charge on any atom is -0.390 e. The summed E-state index contributed by atoms with van der Waals surface area (Å²) in [5, 5.41) is 12.6. The van der Waals surface area contributed by atoms with Crippen LogP contribution in [0.4, 0.5) is 0 Å². The number of ether oxygens (including phenoxy) is 1. The molecule has 2 saturated heterocycles. The quantitative estimate of drug-likeness (QED) is 0.505. The van der Waals surface area contributed by atoms with Gasteiger partial charge in [-0.2, -0.15) is 0 Å². The van der Waals surface area contributed by atoms with Crippen LogP contribution in [0.25, 0.3) is 0 Å². The molecule has 0 bridgehead atoms. The van der Waals surface area contributed by atoms with Crippen LogP contribution in [0.5, 0.6) is 0 Å². The third kappa shape index (κ3) is 0.944. The fraction of sp³-hybridized carbons (Fsp3) is 1.00. The predicted molar refractivity (Wildman–Crippen MR) is 36.7 cm³/mol. The van der Waals surface area contributed by atoms with E-state index >= 15 is 0 Å². The van der Waals surface area contributed by atoms with Gasteiger partial charge in [0.15, 0.2) is 0 Å². The van der Waals surface area contributed by atoms with Crippen molar-refractivity contribution in [2.45, 2.75) is 6.10 Å². The SMILES string of the molecule is O[C@@H]1COC[C@H]1C1CNC1. The van der Waals surface area contributed by atoms with Crippen molar-refractivity contribution in [1.29, 1.82) is 0 Å². The highest BCUT2D eigenvalue weighted by Crippen LogP contribution is 2.24. The molecule has 2 rings (SSSR count). The van der Waals surface area contributed by atoms with Crippen LogP contribution in [0.2, 0.25) is 0 Å². The molecule has 10 heavy (non-hydrogen) atoms. The second-order valence-electron chi connectivity index (χ2n) is 3.19. The zero-order valence-corrected chi connectivity index (χ0v) is 5.92. The van der Waals surface area contributed by atoms with E-state index in [1.165, 1.54) is 0 Å². The molecular weight excluding hydrogens is 130 g/mol. The molecule has 2 aliphatic rings. The topological polar surface area (TPSA) is 41.5 Å². The second kappa shape index (κ2) is 2.49. The Morgan fingerprint density at radius 1 is 1.30 bits per heavy atom. The third-order valence-corrected chi connectivity index (χ3v) is 2.51. The average Bonchev–Trinajstić information content (AvgIpc) is 2.12. The molecule has 2 fully saturated rings. The molecule has 0 aromatic rings. The fourth-order valence-corrected chi connectivity index (χ4v) is 1.62. The van der Waals surface area contributed by atoms with E-state index in [1.54, 1.807) is 0 Å². The van der Waals surface area contributed by atoms with Gasteiger partial charge in [0.25, 0.3) is 0 Å². The van der Waals surface area contributed by atoms with Crippen LogP contribution in [0.1, 0.15) is 0 Å². The first-order chi connectivity index (χ1) is 4.88. The van der Waals surface area contributed by atoms with E-state index in [0.717, 1.165) is 19.7 Å². The van der Waals surface area contributed by atoms with Gasteiger partial charge < -0.3 is 15.2 Å². The number of nitrogens with one attached hydrogen (secondary N) is 1. The number of aliphatic hydroxyl groups is 1. The summed E-state index contributed by atoms with van der Waals surface area (Å²) in [5.41, 5.74) is 0.